The summed E-state index contributed by atoms with van der Waals surface area (Å²) in [5.41, 5.74) is 2.12. The van der Waals surface area contributed by atoms with Crippen LogP contribution in [0, 0.1) is 6.92 Å². The SMILES string of the molecule is Cc1ccccc1-c1noc(CN2CCN(C(=O)C3CCCO3)CC2)n1. The van der Waals surface area contributed by atoms with Crippen LogP contribution in [0.3, 0.4) is 0 Å². The molecule has 26 heavy (non-hydrogen) atoms. The van der Waals surface area contributed by atoms with Crippen LogP contribution in [0.2, 0.25) is 0 Å². The van der Waals surface area contributed by atoms with Crippen LogP contribution in [0.4, 0.5) is 0 Å². The number of rotatable bonds is 4. The van der Waals surface area contributed by atoms with Gasteiger partial charge in [0.2, 0.25) is 11.7 Å². The van der Waals surface area contributed by atoms with Gasteiger partial charge in [0.25, 0.3) is 5.91 Å². The van der Waals surface area contributed by atoms with Crippen LogP contribution < -0.4 is 0 Å². The van der Waals surface area contributed by atoms with E-state index in [9.17, 15) is 4.79 Å². The highest BCUT2D eigenvalue weighted by Crippen LogP contribution is 2.21. The summed E-state index contributed by atoms with van der Waals surface area (Å²) in [6.45, 7) is 6.41. The fraction of sp³-hybridized carbons (Fsp3) is 0.526. The minimum Gasteiger partial charge on any atom is -0.368 e. The maximum atomic E-state index is 12.4. The van der Waals surface area contributed by atoms with Crippen molar-refractivity contribution in [2.24, 2.45) is 0 Å². The number of carbonyl (C=O) groups is 1. The number of aryl methyl sites for hydroxylation is 1. The van der Waals surface area contributed by atoms with Gasteiger partial charge in [-0.25, -0.2) is 0 Å². The largest absolute Gasteiger partial charge is 0.368 e. The predicted octanol–water partition coefficient (Wildman–Crippen LogP) is 1.87. The van der Waals surface area contributed by atoms with Crippen molar-refractivity contribution >= 4 is 5.91 Å². The molecule has 2 aliphatic rings. The van der Waals surface area contributed by atoms with E-state index in [1.165, 1.54) is 0 Å². The third-order valence-electron chi connectivity index (χ3n) is 5.10. The number of hydrogen-bond donors (Lipinski definition) is 0. The van der Waals surface area contributed by atoms with Gasteiger partial charge in [-0.15, -0.1) is 0 Å². The van der Waals surface area contributed by atoms with E-state index in [0.717, 1.165) is 50.1 Å². The van der Waals surface area contributed by atoms with Crippen molar-refractivity contribution in [1.29, 1.82) is 0 Å². The summed E-state index contributed by atoms with van der Waals surface area (Å²) < 4.78 is 10.9. The van der Waals surface area contributed by atoms with Gasteiger partial charge in [-0.1, -0.05) is 29.4 Å². The minimum absolute atomic E-state index is 0.141. The molecule has 0 radical (unpaired) electrons. The first-order valence-corrected chi connectivity index (χ1v) is 9.22. The van der Waals surface area contributed by atoms with Crippen molar-refractivity contribution in [3.63, 3.8) is 0 Å². The zero-order valence-electron chi connectivity index (χ0n) is 15.1. The van der Waals surface area contributed by atoms with E-state index in [1.807, 2.05) is 36.1 Å². The number of amides is 1. The smallest absolute Gasteiger partial charge is 0.251 e. The molecule has 2 fully saturated rings. The van der Waals surface area contributed by atoms with Crippen molar-refractivity contribution in [3.8, 4) is 11.4 Å². The van der Waals surface area contributed by atoms with Crippen molar-refractivity contribution < 1.29 is 14.1 Å². The zero-order chi connectivity index (χ0) is 17.9. The molecule has 138 valence electrons. The normalized spacial score (nSPS) is 21.3. The molecular weight excluding hydrogens is 332 g/mol. The number of ether oxygens (including phenoxy) is 1. The van der Waals surface area contributed by atoms with Gasteiger partial charge >= 0.3 is 0 Å². The molecule has 1 aromatic carbocycles. The lowest BCUT2D eigenvalue weighted by Gasteiger charge is -2.35. The third kappa shape index (κ3) is 3.64. The van der Waals surface area contributed by atoms with Crippen LogP contribution in [0.5, 0.6) is 0 Å². The molecule has 3 heterocycles. The van der Waals surface area contributed by atoms with E-state index in [1.54, 1.807) is 0 Å². The van der Waals surface area contributed by atoms with E-state index >= 15 is 0 Å². The van der Waals surface area contributed by atoms with E-state index < -0.39 is 0 Å². The number of aromatic nitrogens is 2. The number of benzene rings is 1. The first-order chi connectivity index (χ1) is 12.7. The molecule has 4 rings (SSSR count). The quantitative estimate of drug-likeness (QED) is 0.833. The second-order valence-corrected chi connectivity index (χ2v) is 6.93. The molecule has 7 heteroatoms. The molecule has 7 nitrogen and oxygen atoms in total. The molecule has 0 saturated carbocycles. The van der Waals surface area contributed by atoms with Crippen molar-refractivity contribution in [1.82, 2.24) is 19.9 Å². The second-order valence-electron chi connectivity index (χ2n) is 6.93. The molecule has 0 N–H and O–H groups in total. The average Bonchev–Trinajstić information content (AvgIpc) is 3.34. The van der Waals surface area contributed by atoms with E-state index in [-0.39, 0.29) is 12.0 Å². The Morgan fingerprint density at radius 3 is 2.77 bits per heavy atom. The summed E-state index contributed by atoms with van der Waals surface area (Å²) >= 11 is 0. The number of hydrogen-bond acceptors (Lipinski definition) is 6. The molecule has 2 aromatic rings. The summed E-state index contributed by atoms with van der Waals surface area (Å²) in [4.78, 5) is 21.1. The molecule has 1 atom stereocenters. The van der Waals surface area contributed by atoms with Crippen LogP contribution in [-0.4, -0.2) is 64.7 Å². The number of piperazine rings is 1. The Morgan fingerprint density at radius 1 is 1.23 bits per heavy atom. The Morgan fingerprint density at radius 2 is 2.04 bits per heavy atom. The molecule has 1 aromatic heterocycles. The lowest BCUT2D eigenvalue weighted by molar-refractivity contribution is -0.142. The van der Waals surface area contributed by atoms with Gasteiger partial charge in [0, 0.05) is 38.3 Å². The van der Waals surface area contributed by atoms with Crippen LogP contribution in [0.15, 0.2) is 28.8 Å². The molecule has 0 bridgehead atoms. The Kier molecular flexibility index (Phi) is 4.99. The summed E-state index contributed by atoms with van der Waals surface area (Å²) in [6, 6.07) is 8.01. The molecule has 0 spiro atoms. The Balaban J connectivity index is 1.32. The Labute approximate surface area is 152 Å². The Bertz CT molecular complexity index is 762. The van der Waals surface area contributed by atoms with Gasteiger partial charge in [0.05, 0.1) is 6.54 Å². The summed E-state index contributed by atoms with van der Waals surface area (Å²) in [5.74, 6) is 1.38. The molecule has 0 aliphatic carbocycles. The van der Waals surface area contributed by atoms with E-state index in [2.05, 4.69) is 15.0 Å². The Hall–Kier alpha value is -2.25. The molecular formula is C19H24N4O3. The van der Waals surface area contributed by atoms with Gasteiger partial charge in [0.1, 0.15) is 6.10 Å². The lowest BCUT2D eigenvalue weighted by atomic mass is 10.1. The van der Waals surface area contributed by atoms with Crippen LogP contribution in [-0.2, 0) is 16.1 Å². The third-order valence-corrected chi connectivity index (χ3v) is 5.10. The lowest BCUT2D eigenvalue weighted by Crippen LogP contribution is -2.51. The highest BCUT2D eigenvalue weighted by atomic mass is 16.5. The minimum atomic E-state index is -0.228. The molecule has 2 saturated heterocycles. The average molecular weight is 356 g/mol. The first kappa shape index (κ1) is 17.2. The number of nitrogens with zero attached hydrogens (tertiary/aromatic N) is 4. The standard InChI is InChI=1S/C19H24N4O3/c1-14-5-2-3-6-15(14)18-20-17(26-21-18)13-22-8-10-23(11-9-22)19(24)16-7-4-12-25-16/h2-3,5-6,16H,4,7-13H2,1H3. The first-order valence-electron chi connectivity index (χ1n) is 9.22. The fourth-order valence-corrected chi connectivity index (χ4v) is 3.55. The number of carbonyl (C=O) groups excluding carboxylic acids is 1. The molecule has 1 unspecified atom stereocenters. The maximum absolute atomic E-state index is 12.4. The summed E-state index contributed by atoms with van der Waals surface area (Å²) in [6.07, 6.45) is 1.61. The summed E-state index contributed by atoms with van der Waals surface area (Å²) in [7, 11) is 0. The van der Waals surface area contributed by atoms with Gasteiger partial charge in [-0.3, -0.25) is 9.69 Å². The van der Waals surface area contributed by atoms with Crippen LogP contribution in [0.25, 0.3) is 11.4 Å². The van der Waals surface area contributed by atoms with Crippen LogP contribution >= 0.6 is 0 Å². The van der Waals surface area contributed by atoms with Crippen LogP contribution in [0.1, 0.15) is 24.3 Å². The highest BCUT2D eigenvalue weighted by Gasteiger charge is 2.30. The van der Waals surface area contributed by atoms with E-state index in [4.69, 9.17) is 9.26 Å². The van der Waals surface area contributed by atoms with Crippen molar-refractivity contribution in [3.05, 3.63) is 35.7 Å². The monoisotopic (exact) mass is 356 g/mol. The predicted molar refractivity (Wildman–Crippen MR) is 95.3 cm³/mol. The highest BCUT2D eigenvalue weighted by molar-refractivity contribution is 5.81. The second kappa shape index (κ2) is 7.55. The van der Waals surface area contributed by atoms with Gasteiger partial charge in [-0.2, -0.15) is 4.98 Å². The fourth-order valence-electron chi connectivity index (χ4n) is 3.55. The van der Waals surface area contributed by atoms with Gasteiger partial charge in [-0.05, 0) is 25.3 Å². The molecule has 1 amide bonds. The van der Waals surface area contributed by atoms with Crippen molar-refractivity contribution in [2.45, 2.75) is 32.4 Å². The van der Waals surface area contributed by atoms with Crippen molar-refractivity contribution in [2.75, 3.05) is 32.8 Å². The van der Waals surface area contributed by atoms with Gasteiger partial charge < -0.3 is 14.2 Å². The zero-order valence-corrected chi connectivity index (χ0v) is 15.1. The summed E-state index contributed by atoms with van der Waals surface area (Å²) in [5, 5.41) is 4.11. The molecule has 2 aliphatic heterocycles. The van der Waals surface area contributed by atoms with Gasteiger partial charge in [0.15, 0.2) is 0 Å². The topological polar surface area (TPSA) is 71.7 Å². The van der Waals surface area contributed by atoms with E-state index in [0.29, 0.717) is 24.9 Å². The maximum Gasteiger partial charge on any atom is 0.251 e.